The normalized spacial score (nSPS) is 17.6. The largest absolute Gasteiger partial charge is 0.396 e. The molecule has 0 saturated heterocycles. The monoisotopic (exact) mass is 446 g/mol. The highest BCUT2D eigenvalue weighted by Gasteiger charge is 2.32. The summed E-state index contributed by atoms with van der Waals surface area (Å²) in [5.74, 6) is 0.801. The third kappa shape index (κ3) is 3.55. The van der Waals surface area contributed by atoms with Gasteiger partial charge in [-0.1, -0.05) is 13.8 Å². The van der Waals surface area contributed by atoms with Crippen LogP contribution in [-0.2, 0) is 7.05 Å². The predicted octanol–water partition coefficient (Wildman–Crippen LogP) is 3.35. The molecule has 2 aliphatic heterocycles. The molecular weight excluding hydrogens is 416 g/mol. The zero-order valence-electron chi connectivity index (χ0n) is 19.7. The lowest BCUT2D eigenvalue weighted by Crippen LogP contribution is -2.37. The van der Waals surface area contributed by atoms with E-state index in [2.05, 4.69) is 37.2 Å². The number of hydrogen-bond acceptors (Lipinski definition) is 5. The quantitative estimate of drug-likeness (QED) is 0.561. The van der Waals surface area contributed by atoms with Crippen molar-refractivity contribution in [1.29, 1.82) is 0 Å². The van der Waals surface area contributed by atoms with E-state index < -0.39 is 0 Å². The summed E-state index contributed by atoms with van der Waals surface area (Å²) >= 11 is 0. The van der Waals surface area contributed by atoms with Gasteiger partial charge in [-0.05, 0) is 24.3 Å². The van der Waals surface area contributed by atoms with E-state index in [0.29, 0.717) is 12.1 Å². The molecule has 2 aromatic heterocycles. The number of carbonyl (C=O) groups excluding carboxylic acids is 1. The van der Waals surface area contributed by atoms with Crippen LogP contribution in [0.4, 0.5) is 5.82 Å². The number of nitrogens with one attached hydrogen (secondary N) is 2. The summed E-state index contributed by atoms with van der Waals surface area (Å²) in [6.45, 7) is 4.39. The Balaban J connectivity index is 1.53. The summed E-state index contributed by atoms with van der Waals surface area (Å²) in [6.07, 6.45) is 5.97. The summed E-state index contributed by atoms with van der Waals surface area (Å²) < 4.78 is 2.08. The number of carbonyl (C=O) groups is 1. The van der Waals surface area contributed by atoms with E-state index in [0.717, 1.165) is 39.1 Å². The molecule has 1 amide bonds. The van der Waals surface area contributed by atoms with Gasteiger partial charge in [0, 0.05) is 97.2 Å². The lowest BCUT2D eigenvalue weighted by Gasteiger charge is -2.28. The Morgan fingerprint density at radius 2 is 2.06 bits per heavy atom. The van der Waals surface area contributed by atoms with Gasteiger partial charge in [-0.3, -0.25) is 4.79 Å². The number of aliphatic hydroxyl groups excluding tert-OH is 1. The van der Waals surface area contributed by atoms with Crippen LogP contribution in [0, 0.1) is 5.41 Å². The fourth-order valence-corrected chi connectivity index (χ4v) is 4.83. The van der Waals surface area contributed by atoms with E-state index in [1.807, 2.05) is 58.6 Å². The van der Waals surface area contributed by atoms with Crippen molar-refractivity contribution in [2.75, 3.05) is 27.2 Å². The van der Waals surface area contributed by atoms with E-state index in [1.165, 1.54) is 0 Å². The molecule has 2 aliphatic rings. The average molecular weight is 447 g/mol. The molecule has 1 atom stereocenters. The molecule has 3 aromatic rings. The number of hydrazine groups is 1. The number of aliphatic hydroxyl groups is 1. The van der Waals surface area contributed by atoms with Gasteiger partial charge in [0.2, 0.25) is 0 Å². The first-order chi connectivity index (χ1) is 15.7. The number of aromatic amines is 1. The fraction of sp³-hybridized carbons (Fsp3) is 0.360. The lowest BCUT2D eigenvalue weighted by atomic mass is 9.94. The Morgan fingerprint density at radius 3 is 2.82 bits per heavy atom. The zero-order valence-corrected chi connectivity index (χ0v) is 19.7. The predicted molar refractivity (Wildman–Crippen MR) is 130 cm³/mol. The van der Waals surface area contributed by atoms with Gasteiger partial charge in [-0.2, -0.15) is 0 Å². The first kappa shape index (κ1) is 21.5. The smallest absolute Gasteiger partial charge is 0.253 e. The molecule has 5 rings (SSSR count). The minimum Gasteiger partial charge on any atom is -0.396 e. The Hall–Kier alpha value is -3.36. The molecule has 0 aliphatic carbocycles. The highest BCUT2D eigenvalue weighted by atomic mass is 16.3. The zero-order chi connectivity index (χ0) is 23.5. The molecule has 0 radical (unpaired) electrons. The number of nitrogens with zero attached hydrogens (tertiary/aromatic N) is 4. The first-order valence-electron chi connectivity index (χ1n) is 11.1. The number of aryl methyl sites for hydroxylation is 1. The summed E-state index contributed by atoms with van der Waals surface area (Å²) in [7, 11) is 5.82. The van der Waals surface area contributed by atoms with Gasteiger partial charge in [0.1, 0.15) is 5.82 Å². The maximum Gasteiger partial charge on any atom is 0.253 e. The van der Waals surface area contributed by atoms with Gasteiger partial charge >= 0.3 is 0 Å². The van der Waals surface area contributed by atoms with E-state index in [-0.39, 0.29) is 24.0 Å². The number of aliphatic imine (C=N–C) groups is 1. The molecule has 0 fully saturated rings. The minimum atomic E-state index is -0.355. The van der Waals surface area contributed by atoms with Crippen LogP contribution in [0.3, 0.4) is 0 Å². The highest BCUT2D eigenvalue weighted by molar-refractivity contribution is 6.03. The second-order valence-corrected chi connectivity index (χ2v) is 9.90. The van der Waals surface area contributed by atoms with Crippen molar-refractivity contribution in [3.8, 4) is 11.3 Å². The standard InChI is InChI=1S/C25H30N6O2/c1-25(2,14-32)13-30(4)24(33)15-6-7-21-17(8-15)19(12-29(21)3)20-9-18-22-16(11-27-31(22)5)10-26-23(18)28-20/h6-12,22,27-28,32H,13-14H2,1-5H3. The summed E-state index contributed by atoms with van der Waals surface area (Å²) in [5.41, 5.74) is 8.83. The van der Waals surface area contributed by atoms with Crippen LogP contribution < -0.4 is 5.43 Å². The number of hydrogen-bond donors (Lipinski definition) is 3. The van der Waals surface area contributed by atoms with E-state index >= 15 is 0 Å². The number of rotatable bonds is 5. The van der Waals surface area contributed by atoms with Gasteiger partial charge in [0.05, 0.1) is 6.04 Å². The highest BCUT2D eigenvalue weighted by Crippen LogP contribution is 2.42. The van der Waals surface area contributed by atoms with Gasteiger partial charge in [0.15, 0.2) is 0 Å². The van der Waals surface area contributed by atoms with Crippen LogP contribution in [0.25, 0.3) is 22.2 Å². The van der Waals surface area contributed by atoms with Crippen molar-refractivity contribution in [3.05, 3.63) is 53.4 Å². The maximum absolute atomic E-state index is 13.1. The number of aromatic nitrogens is 2. The van der Waals surface area contributed by atoms with Gasteiger partial charge < -0.3 is 25.0 Å². The van der Waals surface area contributed by atoms with Crippen molar-refractivity contribution in [3.63, 3.8) is 0 Å². The number of amides is 1. The summed E-state index contributed by atoms with van der Waals surface area (Å²) in [6, 6.07) is 8.11. The van der Waals surface area contributed by atoms with Crippen LogP contribution >= 0.6 is 0 Å². The van der Waals surface area contributed by atoms with Crippen LogP contribution in [0.2, 0.25) is 0 Å². The van der Waals surface area contributed by atoms with Crippen LogP contribution in [0.15, 0.2) is 47.2 Å². The number of likely N-dealkylation sites (N-methyl/N-ethyl adjacent to an activating group) is 1. The van der Waals surface area contributed by atoms with Crippen LogP contribution in [-0.4, -0.2) is 63.9 Å². The lowest BCUT2D eigenvalue weighted by molar-refractivity contribution is 0.0663. The molecule has 0 bridgehead atoms. The third-order valence-corrected chi connectivity index (χ3v) is 6.57. The van der Waals surface area contributed by atoms with Gasteiger partial charge in [-0.15, -0.1) is 0 Å². The number of H-pyrrole nitrogens is 1. The molecule has 33 heavy (non-hydrogen) atoms. The SMILES string of the molecule is CN(CC(C)(C)CO)C(=O)c1ccc2c(c1)c(-c1cc3c([nH]1)N=CC1=CNN(C)C13)cn2C. The van der Waals surface area contributed by atoms with Crippen molar-refractivity contribution in [1.82, 2.24) is 24.9 Å². The van der Waals surface area contributed by atoms with E-state index in [1.54, 1.807) is 11.9 Å². The molecule has 8 nitrogen and oxygen atoms in total. The Morgan fingerprint density at radius 1 is 1.27 bits per heavy atom. The molecule has 8 heteroatoms. The maximum atomic E-state index is 13.1. The molecule has 0 saturated carbocycles. The third-order valence-electron chi connectivity index (χ3n) is 6.57. The molecule has 172 valence electrons. The molecule has 1 aromatic carbocycles. The van der Waals surface area contributed by atoms with E-state index in [9.17, 15) is 9.90 Å². The Kier molecular flexibility index (Phi) is 4.95. The van der Waals surface area contributed by atoms with Crippen molar-refractivity contribution < 1.29 is 9.90 Å². The Labute approximate surface area is 193 Å². The molecule has 4 heterocycles. The van der Waals surface area contributed by atoms with Gasteiger partial charge in [0.25, 0.3) is 5.91 Å². The van der Waals surface area contributed by atoms with Crippen LogP contribution in [0.5, 0.6) is 0 Å². The van der Waals surface area contributed by atoms with Crippen LogP contribution in [0.1, 0.15) is 35.8 Å². The molecule has 3 N–H and O–H groups in total. The van der Waals surface area contributed by atoms with E-state index in [4.69, 9.17) is 0 Å². The van der Waals surface area contributed by atoms with Gasteiger partial charge in [-0.25, -0.2) is 10.0 Å². The second kappa shape index (κ2) is 7.60. The number of fused-ring (bicyclic) bond motifs is 4. The van der Waals surface area contributed by atoms with Crippen molar-refractivity contribution in [2.45, 2.75) is 19.9 Å². The molecule has 1 unspecified atom stereocenters. The van der Waals surface area contributed by atoms with Crippen molar-refractivity contribution >= 4 is 28.8 Å². The Bertz CT molecular complexity index is 1310. The average Bonchev–Trinajstić information content (AvgIpc) is 3.47. The minimum absolute atomic E-state index is 0.0229. The van der Waals surface area contributed by atoms with Crippen molar-refractivity contribution in [2.24, 2.45) is 17.5 Å². The fourth-order valence-electron chi connectivity index (χ4n) is 4.83. The topological polar surface area (TPSA) is 88.9 Å². The first-order valence-corrected chi connectivity index (χ1v) is 11.1. The summed E-state index contributed by atoms with van der Waals surface area (Å²) in [4.78, 5) is 22.9. The molecular formula is C25H30N6O2. The second-order valence-electron chi connectivity index (χ2n) is 9.90. The molecule has 0 spiro atoms. The number of benzene rings is 1. The summed E-state index contributed by atoms with van der Waals surface area (Å²) in [5, 5.41) is 12.7.